The number of rotatable bonds is 18. The van der Waals surface area contributed by atoms with Crippen molar-refractivity contribution in [1.82, 2.24) is 9.55 Å². The van der Waals surface area contributed by atoms with Crippen LogP contribution in [0.2, 0.25) is 0 Å². The minimum atomic E-state index is -1.17. The molecule has 0 unspecified atom stereocenters. The molecule has 2 N–H and O–H groups in total. The Bertz CT molecular complexity index is 1790. The van der Waals surface area contributed by atoms with Gasteiger partial charge in [0.05, 0.1) is 20.8 Å². The van der Waals surface area contributed by atoms with Gasteiger partial charge in [-0.3, -0.25) is 4.57 Å². The van der Waals surface area contributed by atoms with Gasteiger partial charge in [0.15, 0.2) is 6.23 Å². The van der Waals surface area contributed by atoms with E-state index in [2.05, 4.69) is 37.0 Å². The van der Waals surface area contributed by atoms with Crippen LogP contribution in [0.4, 0.5) is 5.82 Å². The van der Waals surface area contributed by atoms with Gasteiger partial charge in [-0.2, -0.15) is 4.98 Å². The molecule has 1 aliphatic heterocycles. The molecule has 11 heteroatoms. The fourth-order valence-electron chi connectivity index (χ4n) is 7.14. The molecular weight excluding hydrogens is 786 g/mol. The summed E-state index contributed by atoms with van der Waals surface area (Å²) in [5.41, 5.74) is 0.964. The van der Waals surface area contributed by atoms with Gasteiger partial charge in [-0.25, -0.2) is 4.79 Å². The molecule has 2 saturated carbocycles. The first kappa shape index (κ1) is 46.4. The first-order valence-electron chi connectivity index (χ1n) is 20.0. The van der Waals surface area contributed by atoms with Crippen LogP contribution in [0.1, 0.15) is 56.0 Å². The summed E-state index contributed by atoms with van der Waals surface area (Å²) in [6, 6.07) is 27.3. The van der Waals surface area contributed by atoms with E-state index in [1.165, 1.54) is 10.5 Å². The van der Waals surface area contributed by atoms with Gasteiger partial charge in [0, 0.05) is 19.3 Å². The summed E-state index contributed by atoms with van der Waals surface area (Å²) in [5.74, 6) is 3.56. The molecule has 10 radical (unpaired) electrons. The van der Waals surface area contributed by atoms with Gasteiger partial charge >= 0.3 is 22.8 Å². The van der Waals surface area contributed by atoms with E-state index < -0.39 is 35.8 Å². The normalized spacial score (nSPS) is 20.5. The minimum absolute atomic E-state index is 0. The zero-order valence-electron chi connectivity index (χ0n) is 34.1. The summed E-state index contributed by atoms with van der Waals surface area (Å²) in [6.45, 7) is 5.26. The largest absolute Gasteiger partial charge is 2.00 e. The van der Waals surface area contributed by atoms with Gasteiger partial charge in [0.1, 0.15) is 41.2 Å². The number of nitrogens with one attached hydrogen (secondary N) is 1. The molecule has 310 valence electrons. The molecular formula is C48H55FeN3O7+2. The van der Waals surface area contributed by atoms with Crippen LogP contribution in [0.3, 0.4) is 0 Å². The van der Waals surface area contributed by atoms with Crippen molar-refractivity contribution in [2.75, 3.05) is 39.3 Å². The number of hydrogen-bond acceptors (Lipinski definition) is 9. The maximum absolute atomic E-state index is 13.3. The average Bonchev–Trinajstić information content (AvgIpc) is 4.07. The topological polar surface area (TPSA) is 113 Å². The van der Waals surface area contributed by atoms with Crippen molar-refractivity contribution in [2.24, 2.45) is 5.92 Å². The molecule has 2 aliphatic carbocycles. The van der Waals surface area contributed by atoms with Crippen LogP contribution in [0, 0.1) is 69.6 Å². The molecule has 3 fully saturated rings. The Hall–Kier alpha value is -3.70. The minimum Gasteiger partial charge on any atom is -0.497 e. The summed E-state index contributed by atoms with van der Waals surface area (Å²) >= 11 is 0. The van der Waals surface area contributed by atoms with Crippen LogP contribution in [0.5, 0.6) is 11.5 Å². The fourth-order valence-corrected chi connectivity index (χ4v) is 7.14. The van der Waals surface area contributed by atoms with Crippen LogP contribution < -0.4 is 20.5 Å². The number of aromatic nitrogens is 2. The second-order valence-electron chi connectivity index (χ2n) is 14.7. The summed E-state index contributed by atoms with van der Waals surface area (Å²) < 4.78 is 32.5. The summed E-state index contributed by atoms with van der Waals surface area (Å²) in [7, 11) is 3.27. The number of hydrogen-bond donors (Lipinski definition) is 2. The van der Waals surface area contributed by atoms with Crippen molar-refractivity contribution in [3.8, 4) is 11.5 Å². The van der Waals surface area contributed by atoms with Gasteiger partial charge in [0.25, 0.3) is 0 Å². The molecule has 3 aliphatic rings. The number of anilines is 1. The molecule has 0 bridgehead atoms. The summed E-state index contributed by atoms with van der Waals surface area (Å²) in [6.07, 6.45) is 18.9. The third kappa shape index (κ3) is 12.2. The zero-order chi connectivity index (χ0) is 40.7. The molecule has 3 aromatic carbocycles. The first-order valence-corrected chi connectivity index (χ1v) is 20.0. The van der Waals surface area contributed by atoms with Gasteiger partial charge in [-0.15, -0.1) is 0 Å². The Balaban J connectivity index is 0.00000102. The standard InChI is InChI=1S/C43H50N3O7.C5H5.Fe/c1-30(2)28-44-38-25-26-46(42(48)45-38)41-39(47)40(51-27-11-10-14-31-12-8-9-13-31)37(53-41)29-52-43(32-15-6-5-7-16-32,33-17-21-35(49-3)22-18-33)34-19-23-36(50-4)24-20-34;1-2-4-5-3-1;/h5-9,12-13,15-26,30,37,39-41,47H,10-11,14,27-29H2,1-4H3,(H,44,45,48);1-5H;/q;;+2/t37-,39-,40-,41-;;/m1../s1. The van der Waals surface area contributed by atoms with Crippen LogP contribution in [-0.2, 0) is 36.9 Å². The van der Waals surface area contributed by atoms with E-state index in [4.69, 9.17) is 23.7 Å². The van der Waals surface area contributed by atoms with Crippen LogP contribution >= 0.6 is 0 Å². The van der Waals surface area contributed by atoms with Crippen molar-refractivity contribution in [1.29, 1.82) is 0 Å². The monoisotopic (exact) mass is 841 g/mol. The quantitative estimate of drug-likeness (QED) is 0.0595. The molecule has 7 rings (SSSR count). The Morgan fingerprint density at radius 1 is 0.797 bits per heavy atom. The van der Waals surface area contributed by atoms with E-state index in [0.29, 0.717) is 36.4 Å². The van der Waals surface area contributed by atoms with Gasteiger partial charge < -0.3 is 34.1 Å². The van der Waals surface area contributed by atoms with E-state index in [1.807, 2.05) is 124 Å². The maximum Gasteiger partial charge on any atom is 2.00 e. The third-order valence-electron chi connectivity index (χ3n) is 10.2. The van der Waals surface area contributed by atoms with Gasteiger partial charge in [0.2, 0.25) is 0 Å². The van der Waals surface area contributed by atoms with E-state index in [-0.39, 0.29) is 23.7 Å². The predicted molar refractivity (Wildman–Crippen MR) is 226 cm³/mol. The van der Waals surface area contributed by atoms with Crippen molar-refractivity contribution >= 4 is 5.82 Å². The van der Waals surface area contributed by atoms with E-state index in [0.717, 1.165) is 36.0 Å². The second-order valence-corrected chi connectivity index (χ2v) is 14.7. The zero-order valence-corrected chi connectivity index (χ0v) is 35.2. The fraction of sp³-hybridized carbons (Fsp3) is 0.333. The Kier molecular flexibility index (Phi) is 18.3. The Morgan fingerprint density at radius 3 is 1.92 bits per heavy atom. The number of benzene rings is 3. The Morgan fingerprint density at radius 2 is 1.37 bits per heavy atom. The third-order valence-corrected chi connectivity index (χ3v) is 10.2. The molecule has 0 spiro atoms. The smallest absolute Gasteiger partial charge is 0.497 e. The van der Waals surface area contributed by atoms with Crippen LogP contribution in [-0.4, -0.2) is 66.9 Å². The molecule has 2 heterocycles. The Labute approximate surface area is 361 Å². The van der Waals surface area contributed by atoms with Crippen LogP contribution in [0.15, 0.2) is 95.9 Å². The van der Waals surface area contributed by atoms with Crippen molar-refractivity contribution in [3.05, 3.63) is 182 Å². The SMILES string of the molecule is COc1ccc(C(OC[C@H]2O[C@@H](n3ccc(NCC(C)C)nc3=O)[C@H](O)[C@@H]2OCCCC[C]2[CH][CH][CH][CH]2)(c2ccccc2)c2ccc(OC)cc2)cc1.[CH]1[CH][CH][CH][CH]1.[Fe+2]. The van der Waals surface area contributed by atoms with Crippen molar-refractivity contribution < 1.29 is 45.9 Å². The van der Waals surface area contributed by atoms with Gasteiger partial charge in [-0.05, 0) is 129 Å². The number of aliphatic hydroxyl groups excluding tert-OH is 1. The van der Waals surface area contributed by atoms with Crippen LogP contribution in [0.25, 0.3) is 0 Å². The molecule has 0 amide bonds. The van der Waals surface area contributed by atoms with E-state index in [9.17, 15) is 9.90 Å². The van der Waals surface area contributed by atoms with E-state index in [1.54, 1.807) is 26.5 Å². The molecule has 1 aromatic heterocycles. The average molecular weight is 842 g/mol. The van der Waals surface area contributed by atoms with Gasteiger partial charge in [-0.1, -0.05) is 74.9 Å². The predicted octanol–water partition coefficient (Wildman–Crippen LogP) is 7.58. The number of methoxy groups -OCH3 is 2. The molecule has 4 aromatic rings. The number of ether oxygens (including phenoxy) is 5. The molecule has 59 heavy (non-hydrogen) atoms. The second kappa shape index (κ2) is 23.3. The van der Waals surface area contributed by atoms with Crippen molar-refractivity contribution in [3.63, 3.8) is 0 Å². The molecule has 1 saturated heterocycles. The number of unbranched alkanes of at least 4 members (excludes halogenated alkanes) is 1. The first-order chi connectivity index (χ1) is 28.3. The molecule has 4 atom stereocenters. The summed E-state index contributed by atoms with van der Waals surface area (Å²) in [5, 5.41) is 15.0. The van der Waals surface area contributed by atoms with Crippen molar-refractivity contribution in [2.45, 2.75) is 63.3 Å². The molecule has 10 nitrogen and oxygen atoms in total. The maximum atomic E-state index is 13.3. The summed E-state index contributed by atoms with van der Waals surface area (Å²) in [4.78, 5) is 17.6. The van der Waals surface area contributed by atoms with E-state index >= 15 is 0 Å². The number of nitrogens with zero attached hydrogens (tertiary/aromatic N) is 2. The number of aliphatic hydroxyl groups is 1.